The number of anilines is 1. The first-order valence-electron chi connectivity index (χ1n) is 7.04. The van der Waals surface area contributed by atoms with E-state index in [2.05, 4.69) is 29.1 Å². The molecule has 0 aliphatic heterocycles. The van der Waals surface area contributed by atoms with Crippen molar-refractivity contribution >= 4 is 11.6 Å². The molecule has 104 valence electrons. The van der Waals surface area contributed by atoms with Crippen LogP contribution in [-0.2, 0) is 0 Å². The van der Waals surface area contributed by atoms with Gasteiger partial charge in [0.15, 0.2) is 5.96 Å². The molecule has 3 N–H and O–H groups in total. The van der Waals surface area contributed by atoms with Crippen molar-refractivity contribution in [3.05, 3.63) is 30.3 Å². The zero-order chi connectivity index (χ0) is 13.7. The summed E-state index contributed by atoms with van der Waals surface area (Å²) in [5.41, 5.74) is 6.86. The van der Waals surface area contributed by atoms with E-state index < -0.39 is 0 Å². The first-order chi connectivity index (χ1) is 9.16. The molecule has 0 amide bonds. The van der Waals surface area contributed by atoms with Gasteiger partial charge < -0.3 is 11.1 Å². The number of para-hydroxylation sites is 1. The Morgan fingerprint density at radius 3 is 2.63 bits per heavy atom. The highest BCUT2D eigenvalue weighted by atomic mass is 15.2. The second-order valence-electron chi connectivity index (χ2n) is 5.32. The predicted molar refractivity (Wildman–Crippen MR) is 81.4 cm³/mol. The summed E-state index contributed by atoms with van der Waals surface area (Å²) in [7, 11) is 0. The van der Waals surface area contributed by atoms with Crippen LogP contribution in [0, 0.1) is 0 Å². The molecule has 0 radical (unpaired) electrons. The van der Waals surface area contributed by atoms with E-state index in [9.17, 15) is 0 Å². The minimum atomic E-state index is 0.491. The molecule has 1 fully saturated rings. The number of nitrogens with two attached hydrogens (primary N) is 1. The van der Waals surface area contributed by atoms with Crippen molar-refractivity contribution in [3.8, 4) is 0 Å². The Morgan fingerprint density at radius 2 is 2.05 bits per heavy atom. The second-order valence-corrected chi connectivity index (χ2v) is 5.32. The van der Waals surface area contributed by atoms with Crippen LogP contribution in [0.25, 0.3) is 0 Å². The van der Waals surface area contributed by atoms with E-state index in [1.807, 2.05) is 30.3 Å². The van der Waals surface area contributed by atoms with E-state index in [0.717, 1.165) is 24.8 Å². The van der Waals surface area contributed by atoms with Crippen LogP contribution in [0.1, 0.15) is 26.7 Å². The van der Waals surface area contributed by atoms with Gasteiger partial charge in [0.1, 0.15) is 0 Å². The molecule has 0 atom stereocenters. The molecule has 0 heterocycles. The fourth-order valence-corrected chi connectivity index (χ4v) is 2.26. The topological polar surface area (TPSA) is 53.6 Å². The molecule has 0 spiro atoms. The zero-order valence-corrected chi connectivity index (χ0v) is 11.8. The molecular weight excluding hydrogens is 236 g/mol. The Bertz CT molecular complexity index is 407. The molecule has 1 aliphatic carbocycles. The summed E-state index contributed by atoms with van der Waals surface area (Å²) in [5.74, 6) is 0.491. The summed E-state index contributed by atoms with van der Waals surface area (Å²) < 4.78 is 0. The van der Waals surface area contributed by atoms with Crippen LogP contribution < -0.4 is 11.1 Å². The number of hydrogen-bond donors (Lipinski definition) is 2. The third kappa shape index (κ3) is 4.56. The van der Waals surface area contributed by atoms with Gasteiger partial charge in [-0.25, -0.2) is 0 Å². The molecule has 0 aromatic heterocycles. The van der Waals surface area contributed by atoms with Gasteiger partial charge in [0, 0.05) is 24.3 Å². The highest BCUT2D eigenvalue weighted by Gasteiger charge is 2.29. The van der Waals surface area contributed by atoms with Crippen LogP contribution in [0.5, 0.6) is 0 Å². The van der Waals surface area contributed by atoms with Gasteiger partial charge in [0.2, 0.25) is 0 Å². The summed E-state index contributed by atoms with van der Waals surface area (Å²) in [6.45, 7) is 6.22. The smallest absolute Gasteiger partial charge is 0.193 e. The Balaban J connectivity index is 1.78. The number of nitrogens with zero attached hydrogens (tertiary/aromatic N) is 2. The molecule has 0 saturated heterocycles. The van der Waals surface area contributed by atoms with E-state index in [4.69, 9.17) is 5.73 Å². The van der Waals surface area contributed by atoms with Gasteiger partial charge in [-0.05, 0) is 38.8 Å². The molecule has 4 heteroatoms. The Labute approximate surface area is 115 Å². The van der Waals surface area contributed by atoms with Crippen LogP contribution in [0.15, 0.2) is 35.3 Å². The van der Waals surface area contributed by atoms with Crippen molar-refractivity contribution in [2.45, 2.75) is 38.8 Å². The maximum absolute atomic E-state index is 5.88. The Kier molecular flexibility index (Phi) is 4.80. The maximum atomic E-state index is 5.88. The third-order valence-electron chi connectivity index (χ3n) is 3.37. The third-order valence-corrected chi connectivity index (χ3v) is 3.37. The highest BCUT2D eigenvalue weighted by Crippen LogP contribution is 2.28. The standard InChI is InChI=1S/C15H24N4/c1-12(2)19(14-8-9-14)11-10-17-15(16)18-13-6-4-3-5-7-13/h3-7,12,14H,8-11H2,1-2H3,(H3,16,17,18). The maximum Gasteiger partial charge on any atom is 0.193 e. The van der Waals surface area contributed by atoms with Crippen molar-refractivity contribution in [3.63, 3.8) is 0 Å². The van der Waals surface area contributed by atoms with Gasteiger partial charge in [-0.3, -0.25) is 9.89 Å². The van der Waals surface area contributed by atoms with Gasteiger partial charge >= 0.3 is 0 Å². The van der Waals surface area contributed by atoms with Crippen molar-refractivity contribution < 1.29 is 0 Å². The number of aliphatic imine (C=N–C) groups is 1. The summed E-state index contributed by atoms with van der Waals surface area (Å²) in [6.07, 6.45) is 2.67. The highest BCUT2D eigenvalue weighted by molar-refractivity contribution is 5.92. The van der Waals surface area contributed by atoms with Crippen LogP contribution in [0.2, 0.25) is 0 Å². The molecule has 1 saturated carbocycles. The van der Waals surface area contributed by atoms with Gasteiger partial charge in [-0.15, -0.1) is 0 Å². The molecular formula is C15H24N4. The molecule has 1 aromatic carbocycles. The lowest BCUT2D eigenvalue weighted by Crippen LogP contribution is -2.35. The van der Waals surface area contributed by atoms with Crippen LogP contribution >= 0.6 is 0 Å². The van der Waals surface area contributed by atoms with Crippen LogP contribution in [0.3, 0.4) is 0 Å². The van der Waals surface area contributed by atoms with E-state index in [0.29, 0.717) is 12.0 Å². The molecule has 1 aliphatic rings. The summed E-state index contributed by atoms with van der Waals surface area (Å²) in [6, 6.07) is 11.3. The van der Waals surface area contributed by atoms with Crippen molar-refractivity contribution in [1.82, 2.24) is 4.90 Å². The van der Waals surface area contributed by atoms with Crippen LogP contribution in [-0.4, -0.2) is 36.0 Å². The fourth-order valence-electron chi connectivity index (χ4n) is 2.26. The Hall–Kier alpha value is -1.55. The lowest BCUT2D eigenvalue weighted by Gasteiger charge is -2.25. The fraction of sp³-hybridized carbons (Fsp3) is 0.533. The van der Waals surface area contributed by atoms with Gasteiger partial charge in [-0.2, -0.15) is 0 Å². The van der Waals surface area contributed by atoms with E-state index in [-0.39, 0.29) is 0 Å². The monoisotopic (exact) mass is 260 g/mol. The molecule has 0 unspecified atom stereocenters. The Morgan fingerprint density at radius 1 is 1.37 bits per heavy atom. The SMILES string of the molecule is CC(C)N(CCN=C(N)Nc1ccccc1)C1CC1. The number of benzene rings is 1. The average molecular weight is 260 g/mol. The summed E-state index contributed by atoms with van der Waals surface area (Å²) >= 11 is 0. The lowest BCUT2D eigenvalue weighted by molar-refractivity contribution is 0.218. The number of nitrogens with one attached hydrogen (secondary N) is 1. The first-order valence-corrected chi connectivity index (χ1v) is 7.04. The first kappa shape index (κ1) is 13.9. The zero-order valence-electron chi connectivity index (χ0n) is 11.8. The molecule has 4 nitrogen and oxygen atoms in total. The minimum absolute atomic E-state index is 0.491. The number of rotatable bonds is 6. The van der Waals surface area contributed by atoms with Crippen molar-refractivity contribution in [2.24, 2.45) is 10.7 Å². The van der Waals surface area contributed by atoms with E-state index >= 15 is 0 Å². The summed E-state index contributed by atoms with van der Waals surface area (Å²) in [5, 5.41) is 3.10. The second kappa shape index (κ2) is 6.57. The largest absolute Gasteiger partial charge is 0.370 e. The average Bonchev–Trinajstić information content (AvgIpc) is 3.19. The van der Waals surface area contributed by atoms with Gasteiger partial charge in [-0.1, -0.05) is 18.2 Å². The van der Waals surface area contributed by atoms with E-state index in [1.165, 1.54) is 12.8 Å². The normalized spacial score (nSPS) is 16.1. The van der Waals surface area contributed by atoms with Gasteiger partial charge in [0.05, 0.1) is 6.54 Å². The van der Waals surface area contributed by atoms with Crippen LogP contribution in [0.4, 0.5) is 5.69 Å². The predicted octanol–water partition coefficient (Wildman–Crippen LogP) is 2.29. The number of hydrogen-bond acceptors (Lipinski definition) is 2. The van der Waals surface area contributed by atoms with Crippen molar-refractivity contribution in [1.29, 1.82) is 0 Å². The summed E-state index contributed by atoms with van der Waals surface area (Å²) in [4.78, 5) is 6.91. The molecule has 19 heavy (non-hydrogen) atoms. The van der Waals surface area contributed by atoms with E-state index in [1.54, 1.807) is 0 Å². The molecule has 0 bridgehead atoms. The molecule has 1 aromatic rings. The number of guanidine groups is 1. The van der Waals surface area contributed by atoms with Gasteiger partial charge in [0.25, 0.3) is 0 Å². The van der Waals surface area contributed by atoms with Crippen molar-refractivity contribution in [2.75, 3.05) is 18.4 Å². The quantitative estimate of drug-likeness (QED) is 0.609. The molecule has 2 rings (SSSR count). The lowest BCUT2D eigenvalue weighted by atomic mass is 10.3. The minimum Gasteiger partial charge on any atom is -0.370 e.